The van der Waals surface area contributed by atoms with Crippen molar-refractivity contribution in [2.75, 3.05) is 49.6 Å². The van der Waals surface area contributed by atoms with Crippen molar-refractivity contribution in [3.05, 3.63) is 23.5 Å². The van der Waals surface area contributed by atoms with Crippen molar-refractivity contribution in [1.29, 1.82) is 0 Å². The number of morpholine rings is 1. The van der Waals surface area contributed by atoms with Gasteiger partial charge < -0.3 is 34.5 Å². The van der Waals surface area contributed by atoms with Gasteiger partial charge in [-0.1, -0.05) is 0 Å². The van der Waals surface area contributed by atoms with Crippen molar-refractivity contribution in [3.63, 3.8) is 0 Å². The van der Waals surface area contributed by atoms with Crippen LogP contribution in [0.5, 0.6) is 0 Å². The minimum absolute atomic E-state index is 0. The molecule has 0 aliphatic carbocycles. The number of anilines is 2. The second-order valence-corrected chi connectivity index (χ2v) is 8.76. The molecular weight excluding hydrogens is 388 g/mol. The Morgan fingerprint density at radius 1 is 1.23 bits per heavy atom. The smallest absolute Gasteiger partial charge is 0.545 e. The fourth-order valence-corrected chi connectivity index (χ4v) is 3.54. The Labute approximate surface area is 187 Å². The fraction of sp³-hybridized carbons (Fsp3) is 0.600. The third kappa shape index (κ3) is 5.59. The molecule has 1 aromatic rings. The molecule has 1 amide bonds. The van der Waals surface area contributed by atoms with Gasteiger partial charge in [0.25, 0.3) is 0 Å². The first-order valence-corrected chi connectivity index (χ1v) is 9.61. The third-order valence-corrected chi connectivity index (χ3v) is 4.83. The zero-order valence-electron chi connectivity index (χ0n) is 18.2. The number of nitrogens with one attached hydrogen (secondary N) is 1. The monoisotopic (exact) mass is 415 g/mol. The molecule has 0 unspecified atom stereocenters. The summed E-state index contributed by atoms with van der Waals surface area (Å²) in [6.07, 6.45) is -0.439. The van der Waals surface area contributed by atoms with Crippen LogP contribution < -0.4 is 34.2 Å². The average Bonchev–Trinajstić information content (AvgIpc) is 2.58. The molecule has 30 heavy (non-hydrogen) atoms. The van der Waals surface area contributed by atoms with Gasteiger partial charge in [-0.2, -0.15) is 0 Å². The van der Waals surface area contributed by atoms with E-state index in [2.05, 4.69) is 5.32 Å². The Morgan fingerprint density at radius 3 is 2.37 bits per heavy atom. The summed E-state index contributed by atoms with van der Waals surface area (Å²) in [6.45, 7) is 9.69. The number of likely N-dealkylation sites (tertiary alicyclic amines) is 1. The molecule has 1 aromatic carbocycles. The van der Waals surface area contributed by atoms with E-state index in [9.17, 15) is 19.1 Å². The molecule has 2 fully saturated rings. The van der Waals surface area contributed by atoms with Crippen LogP contribution in [0.2, 0.25) is 0 Å². The number of hydrogen-bond donors (Lipinski definition) is 1. The number of carbonyl (C=O) groups excluding carboxylic acids is 2. The molecule has 0 spiro atoms. The van der Waals surface area contributed by atoms with E-state index in [0.717, 1.165) is 0 Å². The second kappa shape index (κ2) is 9.04. The minimum Gasteiger partial charge on any atom is -0.545 e. The molecule has 1 N–H and O–H groups in total. The molecule has 0 atom stereocenters. The van der Waals surface area contributed by atoms with Crippen LogP contribution in [-0.4, -0.2) is 67.5 Å². The van der Waals surface area contributed by atoms with E-state index in [1.54, 1.807) is 25.7 Å². The number of carboxylic acid groups (broad SMARTS) is 1. The fourth-order valence-electron chi connectivity index (χ4n) is 3.54. The number of halogens is 1. The molecule has 2 saturated heterocycles. The molecule has 0 bridgehead atoms. The number of nitrogens with zero attached hydrogens (tertiary/aromatic N) is 2. The SMILES string of the molecule is CC1(Nc2cc(F)c(N3CCOCC3)cc2C(=O)[O-])CN(C(=O)OC(C)(C)C)C1.[Li+]. The summed E-state index contributed by atoms with van der Waals surface area (Å²) in [7, 11) is 0. The predicted octanol–water partition coefficient (Wildman–Crippen LogP) is -1.55. The van der Waals surface area contributed by atoms with Gasteiger partial charge in [0.15, 0.2) is 0 Å². The Morgan fingerprint density at radius 2 is 1.83 bits per heavy atom. The first-order valence-electron chi connectivity index (χ1n) is 9.61. The number of carboxylic acids is 1. The molecule has 0 saturated carbocycles. The van der Waals surface area contributed by atoms with E-state index >= 15 is 0 Å². The van der Waals surface area contributed by atoms with E-state index in [1.165, 1.54) is 17.0 Å². The summed E-state index contributed by atoms with van der Waals surface area (Å²) >= 11 is 0. The van der Waals surface area contributed by atoms with E-state index in [-0.39, 0.29) is 35.8 Å². The molecule has 2 heterocycles. The van der Waals surface area contributed by atoms with Gasteiger partial charge in [0.2, 0.25) is 0 Å². The number of aromatic carboxylic acids is 1. The van der Waals surface area contributed by atoms with Gasteiger partial charge in [-0.25, -0.2) is 9.18 Å². The summed E-state index contributed by atoms with van der Waals surface area (Å²) in [5.74, 6) is -1.92. The number of carbonyl (C=O) groups is 2. The number of rotatable bonds is 4. The molecule has 0 aromatic heterocycles. The summed E-state index contributed by atoms with van der Waals surface area (Å²) in [5, 5.41) is 14.8. The summed E-state index contributed by atoms with van der Waals surface area (Å²) in [6, 6.07) is 2.48. The number of ether oxygens (including phenoxy) is 2. The van der Waals surface area contributed by atoms with Crippen molar-refractivity contribution < 1.29 is 47.4 Å². The van der Waals surface area contributed by atoms with Crippen LogP contribution in [0.1, 0.15) is 38.1 Å². The topological polar surface area (TPSA) is 94.2 Å². The van der Waals surface area contributed by atoms with Crippen LogP contribution in [0.3, 0.4) is 0 Å². The van der Waals surface area contributed by atoms with Crippen LogP contribution in [0.4, 0.5) is 20.6 Å². The molecule has 160 valence electrons. The molecule has 2 aliphatic heterocycles. The zero-order valence-corrected chi connectivity index (χ0v) is 18.2. The molecular formula is C20H27FLiN3O5. The Bertz CT molecular complexity index is 802. The van der Waals surface area contributed by atoms with Gasteiger partial charge in [-0.3, -0.25) is 0 Å². The largest absolute Gasteiger partial charge is 1.00 e. The van der Waals surface area contributed by atoms with Crippen molar-refractivity contribution in [2.45, 2.75) is 38.8 Å². The second-order valence-electron chi connectivity index (χ2n) is 8.76. The van der Waals surface area contributed by atoms with Crippen molar-refractivity contribution in [1.82, 2.24) is 4.90 Å². The molecule has 10 heteroatoms. The van der Waals surface area contributed by atoms with Gasteiger partial charge in [0.05, 0.1) is 30.4 Å². The maximum absolute atomic E-state index is 14.7. The van der Waals surface area contributed by atoms with Gasteiger partial charge in [0.1, 0.15) is 11.4 Å². The van der Waals surface area contributed by atoms with Crippen LogP contribution in [0.25, 0.3) is 0 Å². The first kappa shape index (κ1) is 24.3. The van der Waals surface area contributed by atoms with Crippen LogP contribution in [0, 0.1) is 5.82 Å². The number of benzene rings is 1. The standard InChI is InChI=1S/C20H28FN3O5.Li/c1-19(2,3)29-18(27)24-11-20(4,12-24)22-15-10-14(21)16(9-13(15)17(25)26)23-5-7-28-8-6-23;/h9-10,22H,5-8,11-12H2,1-4H3,(H,25,26);/q;+1/p-1. The summed E-state index contributed by atoms with van der Waals surface area (Å²) in [4.78, 5) is 27.1. The van der Waals surface area contributed by atoms with Gasteiger partial charge in [-0.05, 0) is 39.8 Å². The van der Waals surface area contributed by atoms with E-state index < -0.39 is 29.0 Å². The zero-order chi connectivity index (χ0) is 21.4. The van der Waals surface area contributed by atoms with E-state index in [4.69, 9.17) is 9.47 Å². The Balaban J connectivity index is 0.00000320. The van der Waals surface area contributed by atoms with E-state index in [1.807, 2.05) is 6.92 Å². The van der Waals surface area contributed by atoms with Crippen LogP contribution >= 0.6 is 0 Å². The Hall–Kier alpha value is -1.95. The first-order chi connectivity index (χ1) is 13.5. The summed E-state index contributed by atoms with van der Waals surface area (Å²) in [5.41, 5.74) is -0.978. The molecule has 2 aliphatic rings. The van der Waals surface area contributed by atoms with Gasteiger partial charge >= 0.3 is 25.0 Å². The number of hydrogen-bond acceptors (Lipinski definition) is 7. The maximum atomic E-state index is 14.7. The predicted molar refractivity (Wildman–Crippen MR) is 104 cm³/mol. The molecule has 3 rings (SSSR count). The van der Waals surface area contributed by atoms with Crippen molar-refractivity contribution >= 4 is 23.4 Å². The number of amides is 1. The normalized spacial score (nSPS) is 18.2. The summed E-state index contributed by atoms with van der Waals surface area (Å²) < 4.78 is 25.3. The Kier molecular flexibility index (Phi) is 7.33. The average molecular weight is 415 g/mol. The molecule has 0 radical (unpaired) electrons. The maximum Gasteiger partial charge on any atom is 1.00 e. The van der Waals surface area contributed by atoms with Crippen LogP contribution in [-0.2, 0) is 9.47 Å². The quantitative estimate of drug-likeness (QED) is 0.595. The van der Waals surface area contributed by atoms with Crippen LogP contribution in [0.15, 0.2) is 12.1 Å². The van der Waals surface area contributed by atoms with Crippen molar-refractivity contribution in [2.24, 2.45) is 0 Å². The van der Waals surface area contributed by atoms with Crippen molar-refractivity contribution in [3.8, 4) is 0 Å². The van der Waals surface area contributed by atoms with Gasteiger partial charge in [0, 0.05) is 37.4 Å². The molecule has 8 nitrogen and oxygen atoms in total. The minimum atomic E-state index is -1.39. The third-order valence-electron chi connectivity index (χ3n) is 4.83. The van der Waals surface area contributed by atoms with E-state index in [0.29, 0.717) is 39.4 Å². The van der Waals surface area contributed by atoms with Gasteiger partial charge in [-0.15, -0.1) is 0 Å².